The molecule has 0 aromatic rings. The first-order valence-electron chi connectivity index (χ1n) is 3.24. The van der Waals surface area contributed by atoms with E-state index < -0.39 is 0 Å². The molecule has 0 spiro atoms. The van der Waals surface area contributed by atoms with Crippen LogP contribution in [0.3, 0.4) is 0 Å². The van der Waals surface area contributed by atoms with E-state index in [0.29, 0.717) is 19.5 Å². The fraction of sp³-hybridized carbons (Fsp3) is 0.571. The summed E-state index contributed by atoms with van der Waals surface area (Å²) in [6.07, 6.45) is 1.94. The molecule has 0 unspecified atom stereocenters. The number of carbonyl (C=O) groups is 1. The molecule has 0 N–H and O–H groups in total. The van der Waals surface area contributed by atoms with Gasteiger partial charge < -0.3 is 9.47 Å². The highest BCUT2D eigenvalue weighted by atomic mass is 16.5. The second-order valence-electron chi connectivity index (χ2n) is 1.53. The summed E-state index contributed by atoms with van der Waals surface area (Å²) in [5.74, 6) is 0.240. The molecule has 0 fully saturated rings. The lowest BCUT2D eigenvalue weighted by atomic mass is 10.6. The molecule has 0 rings (SSSR count). The van der Waals surface area contributed by atoms with Gasteiger partial charge in [0.2, 0.25) is 0 Å². The van der Waals surface area contributed by atoms with Crippen LogP contribution in [0.1, 0.15) is 13.8 Å². The van der Waals surface area contributed by atoms with Crippen LogP contribution in [-0.2, 0) is 14.3 Å². The number of rotatable bonds is 5. The molecule has 0 aliphatic rings. The van der Waals surface area contributed by atoms with E-state index in [1.807, 2.05) is 13.8 Å². The van der Waals surface area contributed by atoms with Crippen LogP contribution in [-0.4, -0.2) is 19.5 Å². The molecular formula is C7H12O3. The summed E-state index contributed by atoms with van der Waals surface area (Å²) in [5, 5.41) is 0. The Bertz CT molecular complexity index is 118. The molecule has 3 heteroatoms. The van der Waals surface area contributed by atoms with E-state index >= 15 is 0 Å². The van der Waals surface area contributed by atoms with E-state index in [1.54, 1.807) is 0 Å². The molecule has 0 heterocycles. The fourth-order valence-electron chi connectivity index (χ4n) is 0.428. The van der Waals surface area contributed by atoms with Gasteiger partial charge in [-0.05, 0) is 13.8 Å². The number of allylic oxidation sites excluding steroid dienone is 1. The Balaban J connectivity index is 3.66. The van der Waals surface area contributed by atoms with Crippen LogP contribution in [0.25, 0.3) is 0 Å². The van der Waals surface area contributed by atoms with Crippen LogP contribution in [0.5, 0.6) is 0 Å². The summed E-state index contributed by atoms with van der Waals surface area (Å²) in [6.45, 7) is 4.68. The molecule has 0 amide bonds. The first-order valence-corrected chi connectivity index (χ1v) is 3.24. The van der Waals surface area contributed by atoms with Gasteiger partial charge in [0.25, 0.3) is 0 Å². The van der Waals surface area contributed by atoms with E-state index in [1.165, 1.54) is 6.26 Å². The summed E-state index contributed by atoms with van der Waals surface area (Å²) >= 11 is 0. The standard InChI is InChI=1S/C7H12O3/c1-3-9-6-7(5-8)10-4-2/h5-6H,3-4H2,1-2H3/b7-6+. The van der Waals surface area contributed by atoms with Crippen LogP contribution in [0, 0.1) is 0 Å². The van der Waals surface area contributed by atoms with Gasteiger partial charge in [0.1, 0.15) is 6.26 Å². The Morgan fingerprint density at radius 2 is 2.10 bits per heavy atom. The van der Waals surface area contributed by atoms with Crippen LogP contribution in [0.4, 0.5) is 0 Å². The average Bonchev–Trinajstić information content (AvgIpc) is 1.98. The van der Waals surface area contributed by atoms with Gasteiger partial charge in [-0.1, -0.05) is 0 Å². The van der Waals surface area contributed by atoms with Crippen molar-refractivity contribution in [2.45, 2.75) is 13.8 Å². The minimum atomic E-state index is 0.240. The molecule has 0 atom stereocenters. The Kier molecular flexibility index (Phi) is 5.53. The van der Waals surface area contributed by atoms with Crippen molar-refractivity contribution in [1.29, 1.82) is 0 Å². The predicted octanol–water partition coefficient (Wildman–Crippen LogP) is 1.10. The molecule has 10 heavy (non-hydrogen) atoms. The highest BCUT2D eigenvalue weighted by Gasteiger charge is 1.91. The Morgan fingerprint density at radius 3 is 2.50 bits per heavy atom. The van der Waals surface area contributed by atoms with Crippen LogP contribution in [0.15, 0.2) is 12.0 Å². The molecule has 0 aliphatic heterocycles. The van der Waals surface area contributed by atoms with Crippen molar-refractivity contribution in [3.63, 3.8) is 0 Å². The Morgan fingerprint density at radius 1 is 1.40 bits per heavy atom. The van der Waals surface area contributed by atoms with Crippen molar-refractivity contribution in [3.8, 4) is 0 Å². The summed E-state index contributed by atoms with van der Waals surface area (Å²) in [4.78, 5) is 10.1. The monoisotopic (exact) mass is 144 g/mol. The van der Waals surface area contributed by atoms with Crippen molar-refractivity contribution in [2.24, 2.45) is 0 Å². The van der Waals surface area contributed by atoms with Gasteiger partial charge in [-0.15, -0.1) is 0 Å². The lowest BCUT2D eigenvalue weighted by Gasteiger charge is -2.00. The van der Waals surface area contributed by atoms with E-state index in [0.717, 1.165) is 0 Å². The predicted molar refractivity (Wildman–Crippen MR) is 37.4 cm³/mol. The zero-order valence-corrected chi connectivity index (χ0v) is 6.29. The third-order valence-corrected chi connectivity index (χ3v) is 0.793. The SMILES string of the molecule is CCO/C=C(\C=O)OCC. The molecule has 0 radical (unpaired) electrons. The van der Waals surface area contributed by atoms with Gasteiger partial charge >= 0.3 is 0 Å². The molecule has 0 saturated carbocycles. The molecule has 0 saturated heterocycles. The summed E-state index contributed by atoms with van der Waals surface area (Å²) in [6, 6.07) is 0. The third-order valence-electron chi connectivity index (χ3n) is 0.793. The maximum absolute atomic E-state index is 10.1. The fourth-order valence-corrected chi connectivity index (χ4v) is 0.428. The van der Waals surface area contributed by atoms with Crippen molar-refractivity contribution in [2.75, 3.05) is 13.2 Å². The second-order valence-corrected chi connectivity index (χ2v) is 1.53. The topological polar surface area (TPSA) is 35.5 Å². The highest BCUT2D eigenvalue weighted by Crippen LogP contribution is 1.92. The lowest BCUT2D eigenvalue weighted by Crippen LogP contribution is -1.94. The van der Waals surface area contributed by atoms with Crippen molar-refractivity contribution < 1.29 is 14.3 Å². The number of carbonyl (C=O) groups excluding carboxylic acids is 1. The van der Waals surface area contributed by atoms with Gasteiger partial charge in [-0.2, -0.15) is 0 Å². The summed E-state index contributed by atoms with van der Waals surface area (Å²) in [7, 11) is 0. The minimum Gasteiger partial charge on any atom is -0.497 e. The maximum atomic E-state index is 10.1. The van der Waals surface area contributed by atoms with Crippen LogP contribution in [0.2, 0.25) is 0 Å². The maximum Gasteiger partial charge on any atom is 0.193 e. The zero-order valence-electron chi connectivity index (χ0n) is 6.29. The Hall–Kier alpha value is -0.990. The quantitative estimate of drug-likeness (QED) is 0.329. The Labute approximate surface area is 60.6 Å². The molecule has 0 aromatic heterocycles. The van der Waals surface area contributed by atoms with E-state index in [-0.39, 0.29) is 5.76 Å². The first kappa shape index (κ1) is 9.01. The van der Waals surface area contributed by atoms with Crippen molar-refractivity contribution in [1.82, 2.24) is 0 Å². The average molecular weight is 144 g/mol. The number of hydrogen-bond donors (Lipinski definition) is 0. The molecule has 0 bridgehead atoms. The van der Waals surface area contributed by atoms with Crippen LogP contribution < -0.4 is 0 Å². The van der Waals surface area contributed by atoms with Crippen molar-refractivity contribution >= 4 is 6.29 Å². The van der Waals surface area contributed by atoms with E-state index in [2.05, 4.69) is 0 Å². The van der Waals surface area contributed by atoms with Gasteiger partial charge in [0.15, 0.2) is 12.0 Å². The van der Waals surface area contributed by atoms with E-state index in [9.17, 15) is 4.79 Å². The zero-order chi connectivity index (χ0) is 7.82. The highest BCUT2D eigenvalue weighted by molar-refractivity contribution is 5.69. The third kappa shape index (κ3) is 3.95. The molecule has 58 valence electrons. The van der Waals surface area contributed by atoms with Crippen LogP contribution >= 0.6 is 0 Å². The number of ether oxygens (including phenoxy) is 2. The molecule has 0 aliphatic carbocycles. The summed E-state index contributed by atoms with van der Waals surface area (Å²) in [5.41, 5.74) is 0. The van der Waals surface area contributed by atoms with Gasteiger partial charge in [-0.3, -0.25) is 4.79 Å². The largest absolute Gasteiger partial charge is 0.497 e. The lowest BCUT2D eigenvalue weighted by molar-refractivity contribution is -0.108. The molecule has 3 nitrogen and oxygen atoms in total. The second kappa shape index (κ2) is 6.13. The molecular weight excluding hydrogens is 132 g/mol. The van der Waals surface area contributed by atoms with E-state index in [4.69, 9.17) is 9.47 Å². The number of aldehydes is 1. The van der Waals surface area contributed by atoms with Gasteiger partial charge in [0, 0.05) is 0 Å². The normalized spacial score (nSPS) is 10.8. The molecule has 0 aromatic carbocycles. The number of hydrogen-bond acceptors (Lipinski definition) is 3. The minimum absolute atomic E-state index is 0.240. The van der Waals surface area contributed by atoms with Crippen molar-refractivity contribution in [3.05, 3.63) is 12.0 Å². The first-order chi connectivity index (χ1) is 4.85. The van der Waals surface area contributed by atoms with Gasteiger partial charge in [-0.25, -0.2) is 0 Å². The smallest absolute Gasteiger partial charge is 0.193 e. The summed E-state index contributed by atoms with van der Waals surface area (Å²) < 4.78 is 9.68. The van der Waals surface area contributed by atoms with Gasteiger partial charge in [0.05, 0.1) is 13.2 Å².